The zero-order valence-electron chi connectivity index (χ0n) is 8.46. The quantitative estimate of drug-likeness (QED) is 0.712. The van der Waals surface area contributed by atoms with E-state index in [0.29, 0.717) is 0 Å². The zero-order chi connectivity index (χ0) is 9.68. The molecule has 2 N–H and O–H groups in total. The predicted octanol–water partition coefficient (Wildman–Crippen LogP) is 1.67. The highest BCUT2D eigenvalue weighted by Gasteiger charge is 1.98. The SMILES string of the molecule is C/C(=C/C1=CN(C)CC=C1)CCN. The highest BCUT2D eigenvalue weighted by atomic mass is 15.1. The van der Waals surface area contributed by atoms with Crippen LogP contribution in [0.4, 0.5) is 0 Å². The standard InChI is InChI=1S/C11H18N2/c1-10(5-6-12)8-11-4-3-7-13(2)9-11/h3-4,8-9H,5-7,12H2,1-2H3/b10-8-. The topological polar surface area (TPSA) is 29.3 Å². The molecule has 0 radical (unpaired) electrons. The highest BCUT2D eigenvalue weighted by Crippen LogP contribution is 2.10. The molecule has 0 bridgehead atoms. The van der Waals surface area contributed by atoms with Gasteiger partial charge in [-0.15, -0.1) is 0 Å². The average molecular weight is 178 g/mol. The largest absolute Gasteiger partial charge is 0.376 e. The maximum Gasteiger partial charge on any atom is 0.0354 e. The fourth-order valence-electron chi connectivity index (χ4n) is 1.38. The van der Waals surface area contributed by atoms with E-state index in [-0.39, 0.29) is 0 Å². The molecule has 0 atom stereocenters. The van der Waals surface area contributed by atoms with E-state index in [0.717, 1.165) is 19.5 Å². The second kappa shape index (κ2) is 4.87. The molecule has 1 aliphatic heterocycles. The summed E-state index contributed by atoms with van der Waals surface area (Å²) in [5, 5.41) is 0. The minimum absolute atomic E-state index is 0.731. The molecule has 0 aromatic heterocycles. The maximum absolute atomic E-state index is 5.47. The van der Waals surface area contributed by atoms with E-state index in [1.807, 2.05) is 0 Å². The van der Waals surface area contributed by atoms with Crippen LogP contribution in [0.3, 0.4) is 0 Å². The normalized spacial score (nSPS) is 17.6. The first-order valence-electron chi connectivity index (χ1n) is 4.68. The van der Waals surface area contributed by atoms with Gasteiger partial charge in [-0.2, -0.15) is 0 Å². The van der Waals surface area contributed by atoms with Crippen molar-refractivity contribution in [2.45, 2.75) is 13.3 Å². The molecule has 0 aliphatic carbocycles. The molecule has 0 aromatic carbocycles. The lowest BCUT2D eigenvalue weighted by atomic mass is 10.1. The summed E-state index contributed by atoms with van der Waals surface area (Å²) in [4.78, 5) is 2.17. The maximum atomic E-state index is 5.47. The van der Waals surface area contributed by atoms with Crippen LogP contribution in [0, 0.1) is 0 Å². The second-order valence-electron chi connectivity index (χ2n) is 3.50. The number of hydrogen-bond donors (Lipinski definition) is 1. The van der Waals surface area contributed by atoms with Crippen molar-refractivity contribution in [3.8, 4) is 0 Å². The molecular formula is C11H18N2. The monoisotopic (exact) mass is 178 g/mol. The van der Waals surface area contributed by atoms with Crippen molar-refractivity contribution >= 4 is 0 Å². The Hall–Kier alpha value is -1.02. The third-order valence-electron chi connectivity index (χ3n) is 2.02. The van der Waals surface area contributed by atoms with Gasteiger partial charge in [-0.25, -0.2) is 0 Å². The summed E-state index contributed by atoms with van der Waals surface area (Å²) in [6, 6.07) is 0. The lowest BCUT2D eigenvalue weighted by Crippen LogP contribution is -2.13. The summed E-state index contributed by atoms with van der Waals surface area (Å²) in [6.45, 7) is 3.86. The summed E-state index contributed by atoms with van der Waals surface area (Å²) < 4.78 is 0. The van der Waals surface area contributed by atoms with Crippen LogP contribution in [-0.2, 0) is 0 Å². The molecular weight excluding hydrogens is 160 g/mol. The Labute approximate surface area is 80.4 Å². The predicted molar refractivity (Wildman–Crippen MR) is 57.3 cm³/mol. The number of likely N-dealkylation sites (N-methyl/N-ethyl adjacent to an activating group) is 1. The van der Waals surface area contributed by atoms with E-state index in [1.165, 1.54) is 11.1 Å². The molecule has 0 fully saturated rings. The van der Waals surface area contributed by atoms with Gasteiger partial charge >= 0.3 is 0 Å². The van der Waals surface area contributed by atoms with Gasteiger partial charge in [-0.05, 0) is 25.5 Å². The summed E-state index contributed by atoms with van der Waals surface area (Å²) >= 11 is 0. The molecule has 0 aromatic rings. The van der Waals surface area contributed by atoms with E-state index in [9.17, 15) is 0 Å². The van der Waals surface area contributed by atoms with E-state index in [2.05, 4.69) is 43.3 Å². The van der Waals surface area contributed by atoms with Gasteiger partial charge in [0.05, 0.1) is 0 Å². The molecule has 0 amide bonds. The Kier molecular flexibility index (Phi) is 3.77. The minimum atomic E-state index is 0.731. The van der Waals surface area contributed by atoms with Crippen molar-refractivity contribution in [3.05, 3.63) is 35.6 Å². The van der Waals surface area contributed by atoms with E-state index >= 15 is 0 Å². The van der Waals surface area contributed by atoms with Gasteiger partial charge in [0, 0.05) is 19.8 Å². The molecule has 0 unspecified atom stereocenters. The van der Waals surface area contributed by atoms with Gasteiger partial charge in [0.15, 0.2) is 0 Å². The lowest BCUT2D eigenvalue weighted by Gasteiger charge is -2.16. The second-order valence-corrected chi connectivity index (χ2v) is 3.50. The number of nitrogens with two attached hydrogens (primary N) is 1. The molecule has 72 valence electrons. The molecule has 13 heavy (non-hydrogen) atoms. The molecule has 2 nitrogen and oxygen atoms in total. The van der Waals surface area contributed by atoms with Crippen LogP contribution in [0.15, 0.2) is 35.6 Å². The number of hydrogen-bond acceptors (Lipinski definition) is 2. The lowest BCUT2D eigenvalue weighted by molar-refractivity contribution is 0.501. The summed E-state index contributed by atoms with van der Waals surface area (Å²) in [6.07, 6.45) is 9.65. The van der Waals surface area contributed by atoms with Crippen molar-refractivity contribution in [3.63, 3.8) is 0 Å². The van der Waals surface area contributed by atoms with E-state index in [4.69, 9.17) is 5.73 Å². The van der Waals surface area contributed by atoms with Crippen molar-refractivity contribution in [1.82, 2.24) is 4.90 Å². The fraction of sp³-hybridized carbons (Fsp3) is 0.455. The van der Waals surface area contributed by atoms with Crippen LogP contribution in [0.5, 0.6) is 0 Å². The number of nitrogens with zero attached hydrogens (tertiary/aromatic N) is 1. The van der Waals surface area contributed by atoms with Gasteiger partial charge < -0.3 is 10.6 Å². The van der Waals surface area contributed by atoms with E-state index in [1.54, 1.807) is 0 Å². The Morgan fingerprint density at radius 1 is 1.69 bits per heavy atom. The third-order valence-corrected chi connectivity index (χ3v) is 2.02. The highest BCUT2D eigenvalue weighted by molar-refractivity contribution is 5.34. The molecule has 0 spiro atoms. The minimum Gasteiger partial charge on any atom is -0.376 e. The first-order valence-corrected chi connectivity index (χ1v) is 4.68. The van der Waals surface area contributed by atoms with Gasteiger partial charge in [-0.3, -0.25) is 0 Å². The number of allylic oxidation sites excluding steroid dienone is 3. The van der Waals surface area contributed by atoms with Crippen LogP contribution in [-0.4, -0.2) is 25.0 Å². The van der Waals surface area contributed by atoms with Gasteiger partial charge in [0.25, 0.3) is 0 Å². The van der Waals surface area contributed by atoms with Crippen LogP contribution < -0.4 is 5.73 Å². The fourth-order valence-corrected chi connectivity index (χ4v) is 1.38. The van der Waals surface area contributed by atoms with Crippen molar-refractivity contribution in [1.29, 1.82) is 0 Å². The molecule has 0 saturated heterocycles. The average Bonchev–Trinajstić information content (AvgIpc) is 2.04. The first kappa shape index (κ1) is 10.1. The van der Waals surface area contributed by atoms with Crippen LogP contribution in [0.25, 0.3) is 0 Å². The van der Waals surface area contributed by atoms with Crippen molar-refractivity contribution in [2.75, 3.05) is 20.1 Å². The van der Waals surface area contributed by atoms with Crippen LogP contribution >= 0.6 is 0 Å². The molecule has 1 heterocycles. The molecule has 1 aliphatic rings. The molecule has 0 saturated carbocycles. The van der Waals surface area contributed by atoms with Crippen molar-refractivity contribution in [2.24, 2.45) is 5.73 Å². The Morgan fingerprint density at radius 2 is 2.46 bits per heavy atom. The molecule has 1 rings (SSSR count). The Bertz CT molecular complexity index is 249. The Balaban J connectivity index is 2.62. The van der Waals surface area contributed by atoms with Crippen LogP contribution in [0.1, 0.15) is 13.3 Å². The Morgan fingerprint density at radius 3 is 3.08 bits per heavy atom. The first-order chi connectivity index (χ1) is 6.22. The van der Waals surface area contributed by atoms with Crippen LogP contribution in [0.2, 0.25) is 0 Å². The van der Waals surface area contributed by atoms with Gasteiger partial charge in [-0.1, -0.05) is 23.8 Å². The van der Waals surface area contributed by atoms with Crippen molar-refractivity contribution < 1.29 is 0 Å². The zero-order valence-corrected chi connectivity index (χ0v) is 8.46. The summed E-state index contributed by atoms with van der Waals surface area (Å²) in [5.74, 6) is 0. The van der Waals surface area contributed by atoms with Gasteiger partial charge in [0.1, 0.15) is 0 Å². The number of rotatable bonds is 3. The summed E-state index contributed by atoms with van der Waals surface area (Å²) in [7, 11) is 2.08. The molecule has 2 heteroatoms. The van der Waals surface area contributed by atoms with Gasteiger partial charge in [0.2, 0.25) is 0 Å². The van der Waals surface area contributed by atoms with E-state index < -0.39 is 0 Å². The smallest absolute Gasteiger partial charge is 0.0354 e. The third kappa shape index (κ3) is 3.47. The summed E-state index contributed by atoms with van der Waals surface area (Å²) in [5.41, 5.74) is 8.08.